The standard InChI is InChI=1S/C22H29NO5S/c1-22(2,3)27-21(24)19(16-23-15-18-8-6-5-7-9-18)14-17-10-12-20(13-11-17)28-29(4,25)26/h5-13,19,23H,14-16H2,1-4H3. The fourth-order valence-electron chi connectivity index (χ4n) is 2.75. The van der Waals surface area contributed by atoms with Crippen molar-refractivity contribution in [2.24, 2.45) is 5.92 Å². The lowest BCUT2D eigenvalue weighted by atomic mass is 9.98. The molecule has 0 bridgehead atoms. The zero-order chi connectivity index (χ0) is 21.5. The van der Waals surface area contributed by atoms with Crippen molar-refractivity contribution < 1.29 is 22.1 Å². The first-order valence-corrected chi connectivity index (χ1v) is 11.3. The molecule has 2 aromatic rings. The number of esters is 1. The van der Waals surface area contributed by atoms with Crippen molar-refractivity contribution in [1.82, 2.24) is 5.32 Å². The van der Waals surface area contributed by atoms with Crippen molar-refractivity contribution in [3.05, 3.63) is 65.7 Å². The molecule has 1 unspecified atom stereocenters. The van der Waals surface area contributed by atoms with Crippen LogP contribution in [0.1, 0.15) is 31.9 Å². The number of ether oxygens (including phenoxy) is 1. The van der Waals surface area contributed by atoms with Crippen molar-refractivity contribution in [3.63, 3.8) is 0 Å². The molecule has 0 heterocycles. The van der Waals surface area contributed by atoms with Crippen molar-refractivity contribution in [1.29, 1.82) is 0 Å². The zero-order valence-corrected chi connectivity index (χ0v) is 18.2. The Morgan fingerprint density at radius 3 is 2.17 bits per heavy atom. The second kappa shape index (κ2) is 9.89. The zero-order valence-electron chi connectivity index (χ0n) is 17.3. The van der Waals surface area contributed by atoms with Gasteiger partial charge in [-0.3, -0.25) is 4.79 Å². The first-order valence-electron chi connectivity index (χ1n) is 9.48. The molecule has 0 radical (unpaired) electrons. The van der Waals surface area contributed by atoms with E-state index < -0.39 is 15.7 Å². The van der Waals surface area contributed by atoms with Gasteiger partial charge in [-0.05, 0) is 50.5 Å². The fourth-order valence-corrected chi connectivity index (χ4v) is 3.21. The quantitative estimate of drug-likeness (QED) is 0.496. The topological polar surface area (TPSA) is 81.7 Å². The van der Waals surface area contributed by atoms with Gasteiger partial charge in [0.05, 0.1) is 12.2 Å². The van der Waals surface area contributed by atoms with Gasteiger partial charge in [-0.15, -0.1) is 0 Å². The molecule has 0 aliphatic heterocycles. The van der Waals surface area contributed by atoms with E-state index in [-0.39, 0.29) is 17.6 Å². The summed E-state index contributed by atoms with van der Waals surface area (Å²) in [5.41, 5.74) is 1.46. The fraction of sp³-hybridized carbons (Fsp3) is 0.409. The van der Waals surface area contributed by atoms with Crippen LogP contribution in [0.3, 0.4) is 0 Å². The van der Waals surface area contributed by atoms with Crippen LogP contribution in [0.2, 0.25) is 0 Å². The van der Waals surface area contributed by atoms with Crippen molar-refractivity contribution in [2.75, 3.05) is 12.8 Å². The Balaban J connectivity index is 2.04. The Morgan fingerprint density at radius 1 is 1.00 bits per heavy atom. The first kappa shape index (κ1) is 22.9. The average Bonchev–Trinajstić information content (AvgIpc) is 2.60. The van der Waals surface area contributed by atoms with E-state index in [1.165, 1.54) is 0 Å². The maximum Gasteiger partial charge on any atom is 0.311 e. The summed E-state index contributed by atoms with van der Waals surface area (Å²) in [5.74, 6) is -0.401. The van der Waals surface area contributed by atoms with E-state index in [1.54, 1.807) is 24.3 Å². The molecule has 0 aliphatic rings. The van der Waals surface area contributed by atoms with E-state index in [0.29, 0.717) is 19.5 Å². The van der Waals surface area contributed by atoms with Crippen LogP contribution >= 0.6 is 0 Å². The van der Waals surface area contributed by atoms with Crippen LogP contribution in [0, 0.1) is 5.92 Å². The highest BCUT2D eigenvalue weighted by Gasteiger charge is 2.25. The minimum atomic E-state index is -3.57. The molecule has 2 aromatic carbocycles. The van der Waals surface area contributed by atoms with Crippen LogP contribution in [-0.2, 0) is 32.6 Å². The van der Waals surface area contributed by atoms with Gasteiger partial charge in [0, 0.05) is 13.1 Å². The summed E-state index contributed by atoms with van der Waals surface area (Å²) < 4.78 is 32.9. The maximum atomic E-state index is 12.7. The number of carbonyl (C=O) groups excluding carboxylic acids is 1. The number of rotatable bonds is 9. The number of nitrogens with one attached hydrogen (secondary N) is 1. The summed E-state index contributed by atoms with van der Waals surface area (Å²) in [5, 5.41) is 3.33. The molecule has 29 heavy (non-hydrogen) atoms. The maximum absolute atomic E-state index is 12.7. The monoisotopic (exact) mass is 419 g/mol. The van der Waals surface area contributed by atoms with Crippen LogP contribution in [0.25, 0.3) is 0 Å². The Hall–Kier alpha value is -2.38. The smallest absolute Gasteiger partial charge is 0.311 e. The molecule has 0 spiro atoms. The predicted octanol–water partition coefficient (Wildman–Crippen LogP) is 3.32. The summed E-state index contributed by atoms with van der Waals surface area (Å²) in [4.78, 5) is 12.7. The number of hydrogen-bond donors (Lipinski definition) is 1. The van der Waals surface area contributed by atoms with Gasteiger partial charge >= 0.3 is 16.1 Å². The second-order valence-electron chi connectivity index (χ2n) is 7.98. The molecular weight excluding hydrogens is 390 g/mol. The molecular formula is C22H29NO5S. The highest BCUT2D eigenvalue weighted by atomic mass is 32.2. The second-order valence-corrected chi connectivity index (χ2v) is 9.56. The third kappa shape index (κ3) is 9.11. The summed E-state index contributed by atoms with van der Waals surface area (Å²) in [6.07, 6.45) is 1.47. The molecule has 2 rings (SSSR count). The molecule has 0 saturated carbocycles. The molecule has 1 atom stereocenters. The Kier molecular flexibility index (Phi) is 7.81. The molecule has 0 saturated heterocycles. The van der Waals surface area contributed by atoms with E-state index in [1.807, 2.05) is 51.1 Å². The van der Waals surface area contributed by atoms with E-state index in [4.69, 9.17) is 8.92 Å². The van der Waals surface area contributed by atoms with Gasteiger partial charge in [-0.2, -0.15) is 8.42 Å². The van der Waals surface area contributed by atoms with Gasteiger partial charge in [-0.1, -0.05) is 42.5 Å². The Bertz CT molecular complexity index is 887. The molecule has 158 valence electrons. The lowest BCUT2D eigenvalue weighted by Crippen LogP contribution is -2.35. The van der Waals surface area contributed by atoms with E-state index >= 15 is 0 Å². The minimum absolute atomic E-state index is 0.243. The number of hydrogen-bond acceptors (Lipinski definition) is 6. The summed E-state index contributed by atoms with van der Waals surface area (Å²) in [7, 11) is -3.57. The summed E-state index contributed by atoms with van der Waals surface area (Å²) in [6.45, 7) is 6.65. The van der Waals surface area contributed by atoms with Crippen molar-refractivity contribution in [3.8, 4) is 5.75 Å². The highest BCUT2D eigenvalue weighted by Crippen LogP contribution is 2.19. The highest BCUT2D eigenvalue weighted by molar-refractivity contribution is 7.86. The molecule has 1 N–H and O–H groups in total. The third-order valence-electron chi connectivity index (χ3n) is 3.96. The minimum Gasteiger partial charge on any atom is -0.460 e. The number of carbonyl (C=O) groups is 1. The van der Waals surface area contributed by atoms with E-state index in [2.05, 4.69) is 5.32 Å². The molecule has 0 aromatic heterocycles. The Morgan fingerprint density at radius 2 is 1.62 bits per heavy atom. The molecule has 6 nitrogen and oxygen atoms in total. The van der Waals surface area contributed by atoms with Gasteiger partial charge in [0.1, 0.15) is 11.4 Å². The largest absolute Gasteiger partial charge is 0.460 e. The van der Waals surface area contributed by atoms with Crippen LogP contribution in [-0.4, -0.2) is 32.8 Å². The molecule has 0 amide bonds. The van der Waals surface area contributed by atoms with Gasteiger partial charge in [0.2, 0.25) is 0 Å². The Labute approximate surface area is 173 Å². The van der Waals surface area contributed by atoms with E-state index in [0.717, 1.165) is 17.4 Å². The van der Waals surface area contributed by atoms with Gasteiger partial charge in [0.25, 0.3) is 0 Å². The number of benzene rings is 2. The lowest BCUT2D eigenvalue weighted by Gasteiger charge is -2.24. The molecule has 7 heteroatoms. The first-order chi connectivity index (χ1) is 13.5. The van der Waals surface area contributed by atoms with E-state index in [9.17, 15) is 13.2 Å². The molecule has 0 fully saturated rings. The summed E-state index contributed by atoms with van der Waals surface area (Å²) in [6, 6.07) is 16.6. The third-order valence-corrected chi connectivity index (χ3v) is 4.45. The van der Waals surface area contributed by atoms with Crippen LogP contribution in [0.15, 0.2) is 54.6 Å². The molecule has 0 aliphatic carbocycles. The van der Waals surface area contributed by atoms with Crippen LogP contribution in [0.5, 0.6) is 5.75 Å². The summed E-state index contributed by atoms with van der Waals surface area (Å²) >= 11 is 0. The predicted molar refractivity (Wildman–Crippen MR) is 113 cm³/mol. The average molecular weight is 420 g/mol. The normalized spacial score (nSPS) is 13.0. The van der Waals surface area contributed by atoms with Gasteiger partial charge < -0.3 is 14.2 Å². The van der Waals surface area contributed by atoms with Crippen LogP contribution < -0.4 is 9.50 Å². The van der Waals surface area contributed by atoms with Crippen molar-refractivity contribution >= 4 is 16.1 Å². The van der Waals surface area contributed by atoms with Gasteiger partial charge in [0.15, 0.2) is 0 Å². The lowest BCUT2D eigenvalue weighted by molar-refractivity contribution is -0.159. The SMILES string of the molecule is CC(C)(C)OC(=O)C(CNCc1ccccc1)Cc1ccc(OS(C)(=O)=O)cc1. The van der Waals surface area contributed by atoms with Gasteiger partial charge in [-0.25, -0.2) is 0 Å². The van der Waals surface area contributed by atoms with Crippen molar-refractivity contribution in [2.45, 2.75) is 39.3 Å². The van der Waals surface area contributed by atoms with Crippen LogP contribution in [0.4, 0.5) is 0 Å².